The molecule has 1 aliphatic rings. The van der Waals surface area contributed by atoms with Crippen LogP contribution in [-0.2, 0) is 0 Å². The highest BCUT2D eigenvalue weighted by Crippen LogP contribution is 2.25. The van der Waals surface area contributed by atoms with E-state index in [4.69, 9.17) is 4.74 Å². The average molecular weight is 314 g/mol. The number of nitrogens with one attached hydrogen (secondary N) is 1. The highest BCUT2D eigenvalue weighted by molar-refractivity contribution is 5.93. The first-order valence-corrected chi connectivity index (χ1v) is 7.06. The Labute approximate surface area is 132 Å². The summed E-state index contributed by atoms with van der Waals surface area (Å²) in [7, 11) is 0. The lowest BCUT2D eigenvalue weighted by Crippen LogP contribution is -2.45. The summed E-state index contributed by atoms with van der Waals surface area (Å²) >= 11 is 0. The molecular weight excluding hydrogens is 299 g/mol. The Morgan fingerprint density at radius 3 is 2.78 bits per heavy atom. The van der Waals surface area contributed by atoms with Gasteiger partial charge in [-0.15, -0.1) is 0 Å². The van der Waals surface area contributed by atoms with Crippen LogP contribution in [0.5, 0.6) is 11.8 Å². The van der Waals surface area contributed by atoms with Crippen molar-refractivity contribution in [3.05, 3.63) is 54.2 Å². The molecule has 0 bridgehead atoms. The minimum Gasteiger partial charge on any atom is -0.424 e. The standard InChI is InChI=1S/C16H15FN4O2/c1-10-6-7-21(16(22)20-10)12-8-18-15(19-9-12)23-14-5-3-4-13(17)11(14)2/h3-5,8-9H,1,6-7H2,2H3,(H,20,22). The van der Waals surface area contributed by atoms with E-state index in [0.717, 1.165) is 0 Å². The highest BCUT2D eigenvalue weighted by atomic mass is 19.1. The molecule has 1 fully saturated rings. The highest BCUT2D eigenvalue weighted by Gasteiger charge is 2.22. The average Bonchev–Trinajstić information content (AvgIpc) is 2.53. The zero-order chi connectivity index (χ0) is 16.4. The molecule has 1 aromatic heterocycles. The molecule has 0 spiro atoms. The third-order valence-corrected chi connectivity index (χ3v) is 3.51. The molecule has 7 heteroatoms. The summed E-state index contributed by atoms with van der Waals surface area (Å²) < 4.78 is 19.0. The van der Waals surface area contributed by atoms with Crippen LogP contribution in [0.25, 0.3) is 0 Å². The van der Waals surface area contributed by atoms with Crippen molar-refractivity contribution in [3.63, 3.8) is 0 Å². The molecule has 0 saturated carbocycles. The number of nitrogens with zero attached hydrogens (tertiary/aromatic N) is 3. The SMILES string of the molecule is C=C1CCN(c2cnc(Oc3cccc(F)c3C)nc2)C(=O)N1. The van der Waals surface area contributed by atoms with Crippen molar-refractivity contribution in [1.82, 2.24) is 15.3 Å². The predicted molar refractivity (Wildman–Crippen MR) is 82.9 cm³/mol. The van der Waals surface area contributed by atoms with Gasteiger partial charge in [0.05, 0.1) is 18.1 Å². The van der Waals surface area contributed by atoms with Gasteiger partial charge in [-0.25, -0.2) is 19.2 Å². The second-order valence-electron chi connectivity index (χ2n) is 5.12. The van der Waals surface area contributed by atoms with E-state index in [2.05, 4.69) is 21.9 Å². The van der Waals surface area contributed by atoms with E-state index < -0.39 is 0 Å². The van der Waals surface area contributed by atoms with Crippen LogP contribution in [0.4, 0.5) is 14.9 Å². The van der Waals surface area contributed by atoms with E-state index in [0.29, 0.717) is 35.7 Å². The first-order valence-electron chi connectivity index (χ1n) is 7.06. The number of halogens is 1. The Morgan fingerprint density at radius 1 is 1.35 bits per heavy atom. The molecule has 118 valence electrons. The fourth-order valence-electron chi connectivity index (χ4n) is 2.17. The molecule has 2 aromatic rings. The van der Waals surface area contributed by atoms with Gasteiger partial charge in [0, 0.05) is 24.2 Å². The number of hydrogen-bond donors (Lipinski definition) is 1. The molecule has 1 N–H and O–H groups in total. The van der Waals surface area contributed by atoms with Gasteiger partial charge in [-0.3, -0.25) is 4.90 Å². The molecule has 2 amide bonds. The number of aromatic nitrogens is 2. The number of rotatable bonds is 3. The van der Waals surface area contributed by atoms with Gasteiger partial charge in [-0.05, 0) is 19.1 Å². The van der Waals surface area contributed by atoms with E-state index in [-0.39, 0.29) is 17.9 Å². The van der Waals surface area contributed by atoms with Crippen molar-refractivity contribution in [1.29, 1.82) is 0 Å². The van der Waals surface area contributed by atoms with Gasteiger partial charge in [0.25, 0.3) is 0 Å². The number of carbonyl (C=O) groups excluding carboxylic acids is 1. The van der Waals surface area contributed by atoms with Crippen molar-refractivity contribution in [2.24, 2.45) is 0 Å². The number of anilines is 1. The zero-order valence-electron chi connectivity index (χ0n) is 12.5. The van der Waals surface area contributed by atoms with Crippen LogP contribution in [0, 0.1) is 12.7 Å². The van der Waals surface area contributed by atoms with Crippen molar-refractivity contribution < 1.29 is 13.9 Å². The smallest absolute Gasteiger partial charge is 0.326 e. The van der Waals surface area contributed by atoms with Crippen LogP contribution < -0.4 is 15.0 Å². The fraction of sp³-hybridized carbons (Fsp3) is 0.188. The number of ether oxygens (including phenoxy) is 1. The number of hydrogen-bond acceptors (Lipinski definition) is 4. The summed E-state index contributed by atoms with van der Waals surface area (Å²) in [5.41, 5.74) is 1.63. The van der Waals surface area contributed by atoms with Crippen molar-refractivity contribution in [2.75, 3.05) is 11.4 Å². The first kappa shape index (κ1) is 15.0. The van der Waals surface area contributed by atoms with Gasteiger partial charge in [0.15, 0.2) is 0 Å². The van der Waals surface area contributed by atoms with E-state index in [1.54, 1.807) is 19.1 Å². The maximum Gasteiger partial charge on any atom is 0.326 e. The Morgan fingerprint density at radius 2 is 2.09 bits per heavy atom. The summed E-state index contributed by atoms with van der Waals surface area (Å²) in [5.74, 6) is -0.00546. The van der Waals surface area contributed by atoms with Gasteiger partial charge >= 0.3 is 12.0 Å². The van der Waals surface area contributed by atoms with Crippen molar-refractivity contribution in [2.45, 2.75) is 13.3 Å². The van der Waals surface area contributed by atoms with Gasteiger partial charge < -0.3 is 10.1 Å². The molecule has 1 aromatic carbocycles. The third kappa shape index (κ3) is 3.13. The molecule has 1 aliphatic heterocycles. The lowest BCUT2D eigenvalue weighted by Gasteiger charge is -2.28. The second-order valence-corrected chi connectivity index (χ2v) is 5.12. The predicted octanol–water partition coefficient (Wildman–Crippen LogP) is 3.15. The molecule has 2 heterocycles. The summed E-state index contributed by atoms with van der Waals surface area (Å²) in [6.07, 6.45) is 3.64. The summed E-state index contributed by atoms with van der Waals surface area (Å²) in [5, 5.41) is 2.66. The van der Waals surface area contributed by atoms with E-state index >= 15 is 0 Å². The molecule has 0 radical (unpaired) electrons. The Bertz CT molecular complexity index is 761. The Hall–Kier alpha value is -2.96. The minimum absolute atomic E-state index is 0.0873. The molecular formula is C16H15FN4O2. The molecule has 3 rings (SSSR count). The van der Waals surface area contributed by atoms with Crippen LogP contribution in [-0.4, -0.2) is 22.5 Å². The largest absolute Gasteiger partial charge is 0.424 e. The number of benzene rings is 1. The lowest BCUT2D eigenvalue weighted by atomic mass is 10.2. The van der Waals surface area contributed by atoms with Crippen molar-refractivity contribution >= 4 is 11.7 Å². The van der Waals surface area contributed by atoms with Crippen LogP contribution in [0.3, 0.4) is 0 Å². The molecule has 6 nitrogen and oxygen atoms in total. The Balaban J connectivity index is 1.76. The van der Waals surface area contributed by atoms with Crippen LogP contribution in [0.1, 0.15) is 12.0 Å². The maximum atomic E-state index is 13.5. The first-order chi connectivity index (χ1) is 11.0. The quantitative estimate of drug-likeness (QED) is 0.945. The second kappa shape index (κ2) is 6.04. The fourth-order valence-corrected chi connectivity index (χ4v) is 2.17. The third-order valence-electron chi connectivity index (χ3n) is 3.51. The number of urea groups is 1. The minimum atomic E-state index is -0.357. The maximum absolute atomic E-state index is 13.5. The number of carbonyl (C=O) groups is 1. The molecule has 0 atom stereocenters. The summed E-state index contributed by atoms with van der Waals surface area (Å²) in [6.45, 7) is 5.85. The molecule has 23 heavy (non-hydrogen) atoms. The van der Waals surface area contributed by atoms with Crippen molar-refractivity contribution in [3.8, 4) is 11.8 Å². The van der Waals surface area contributed by atoms with Gasteiger partial charge in [0.1, 0.15) is 11.6 Å². The van der Waals surface area contributed by atoms with Crippen LogP contribution >= 0.6 is 0 Å². The van der Waals surface area contributed by atoms with Crippen LogP contribution in [0.15, 0.2) is 42.9 Å². The van der Waals surface area contributed by atoms with Gasteiger partial charge in [0.2, 0.25) is 0 Å². The summed E-state index contributed by atoms with van der Waals surface area (Å²) in [4.78, 5) is 21.6. The topological polar surface area (TPSA) is 67.3 Å². The normalized spacial score (nSPS) is 14.6. The zero-order valence-corrected chi connectivity index (χ0v) is 12.5. The Kier molecular flexibility index (Phi) is 3.92. The monoisotopic (exact) mass is 314 g/mol. The van der Waals surface area contributed by atoms with Gasteiger partial charge in [-0.1, -0.05) is 12.6 Å². The lowest BCUT2D eigenvalue weighted by molar-refractivity contribution is 0.246. The molecule has 1 saturated heterocycles. The number of amides is 2. The summed E-state index contributed by atoms with van der Waals surface area (Å²) in [6, 6.07) is 4.37. The molecule has 0 aliphatic carbocycles. The van der Waals surface area contributed by atoms with Gasteiger partial charge in [-0.2, -0.15) is 0 Å². The van der Waals surface area contributed by atoms with Crippen LogP contribution in [0.2, 0.25) is 0 Å². The molecule has 0 unspecified atom stereocenters. The van der Waals surface area contributed by atoms with E-state index in [1.165, 1.54) is 23.4 Å². The van der Waals surface area contributed by atoms with E-state index in [1.807, 2.05) is 0 Å². The van der Waals surface area contributed by atoms with E-state index in [9.17, 15) is 9.18 Å².